The first-order valence-corrected chi connectivity index (χ1v) is 7.04. The lowest BCUT2D eigenvalue weighted by Gasteiger charge is -2.13. The minimum Gasteiger partial charge on any atom is -0.508 e. The Kier molecular flexibility index (Phi) is 4.89. The van der Waals surface area contributed by atoms with E-state index < -0.39 is 0 Å². The molecule has 0 aliphatic rings. The van der Waals surface area contributed by atoms with Gasteiger partial charge in [0.1, 0.15) is 5.75 Å². The standard InChI is InChI=1S/C19H20O3/c1-4-6-13-8-15(12-16(20)9-13)17-10-14(7-5-2)11-18(22-3)19(17)21/h4-5,8-12,20-21H,1-2,6-7H2,3H3. The van der Waals surface area contributed by atoms with Crippen LogP contribution in [0.2, 0.25) is 0 Å². The Morgan fingerprint density at radius 2 is 1.59 bits per heavy atom. The van der Waals surface area contributed by atoms with Gasteiger partial charge in [-0.25, -0.2) is 0 Å². The van der Waals surface area contributed by atoms with Gasteiger partial charge in [0.15, 0.2) is 11.5 Å². The summed E-state index contributed by atoms with van der Waals surface area (Å²) in [6.07, 6.45) is 4.88. The third-order valence-electron chi connectivity index (χ3n) is 3.40. The van der Waals surface area contributed by atoms with Crippen molar-refractivity contribution in [3.05, 3.63) is 66.8 Å². The number of methoxy groups -OCH3 is 1. The number of ether oxygens (including phenoxy) is 1. The lowest BCUT2D eigenvalue weighted by molar-refractivity contribution is 0.374. The molecule has 2 aromatic carbocycles. The van der Waals surface area contributed by atoms with Crippen molar-refractivity contribution in [3.63, 3.8) is 0 Å². The molecular formula is C19H20O3. The van der Waals surface area contributed by atoms with Crippen molar-refractivity contribution in [2.24, 2.45) is 0 Å². The monoisotopic (exact) mass is 296 g/mol. The van der Waals surface area contributed by atoms with Crippen LogP contribution in [0.5, 0.6) is 17.2 Å². The van der Waals surface area contributed by atoms with Gasteiger partial charge >= 0.3 is 0 Å². The lowest BCUT2D eigenvalue weighted by Crippen LogP contribution is -1.92. The summed E-state index contributed by atoms with van der Waals surface area (Å²) in [7, 11) is 1.52. The summed E-state index contributed by atoms with van der Waals surface area (Å²) in [6, 6.07) is 8.90. The van der Waals surface area contributed by atoms with Gasteiger partial charge in [-0.3, -0.25) is 0 Å². The van der Waals surface area contributed by atoms with E-state index in [0.29, 0.717) is 24.2 Å². The summed E-state index contributed by atoms with van der Waals surface area (Å²) in [5.41, 5.74) is 3.27. The van der Waals surface area contributed by atoms with Crippen molar-refractivity contribution in [1.82, 2.24) is 0 Å². The third-order valence-corrected chi connectivity index (χ3v) is 3.40. The molecule has 2 aromatic rings. The van der Waals surface area contributed by atoms with E-state index in [1.165, 1.54) is 7.11 Å². The topological polar surface area (TPSA) is 49.7 Å². The highest BCUT2D eigenvalue weighted by Crippen LogP contribution is 2.39. The molecule has 3 heteroatoms. The second-order valence-corrected chi connectivity index (χ2v) is 5.07. The number of aromatic hydroxyl groups is 2. The van der Waals surface area contributed by atoms with Crippen molar-refractivity contribution in [2.75, 3.05) is 7.11 Å². The molecule has 2 N–H and O–H groups in total. The zero-order valence-electron chi connectivity index (χ0n) is 12.7. The van der Waals surface area contributed by atoms with Gasteiger partial charge in [0.2, 0.25) is 0 Å². The maximum Gasteiger partial charge on any atom is 0.165 e. The van der Waals surface area contributed by atoms with E-state index in [1.807, 2.05) is 12.1 Å². The van der Waals surface area contributed by atoms with Crippen LogP contribution in [0, 0.1) is 0 Å². The Balaban J connectivity index is 2.62. The average Bonchev–Trinajstić information content (AvgIpc) is 2.48. The first kappa shape index (κ1) is 15.7. The summed E-state index contributed by atoms with van der Waals surface area (Å²) < 4.78 is 5.24. The molecule has 0 aromatic heterocycles. The summed E-state index contributed by atoms with van der Waals surface area (Å²) >= 11 is 0. The first-order chi connectivity index (χ1) is 10.6. The van der Waals surface area contributed by atoms with Crippen LogP contribution in [-0.2, 0) is 12.8 Å². The summed E-state index contributed by atoms with van der Waals surface area (Å²) in [5.74, 6) is 0.621. The molecule has 0 spiro atoms. The molecule has 0 amide bonds. The molecular weight excluding hydrogens is 276 g/mol. The van der Waals surface area contributed by atoms with E-state index in [1.54, 1.807) is 30.4 Å². The van der Waals surface area contributed by atoms with Crippen molar-refractivity contribution < 1.29 is 14.9 Å². The van der Waals surface area contributed by atoms with Crippen LogP contribution >= 0.6 is 0 Å². The Morgan fingerprint density at radius 1 is 0.955 bits per heavy atom. The zero-order chi connectivity index (χ0) is 16.1. The van der Waals surface area contributed by atoms with E-state index in [0.717, 1.165) is 16.7 Å². The van der Waals surface area contributed by atoms with E-state index in [2.05, 4.69) is 13.2 Å². The van der Waals surface area contributed by atoms with Crippen LogP contribution in [0.3, 0.4) is 0 Å². The van der Waals surface area contributed by atoms with Gasteiger partial charge in [0.05, 0.1) is 7.11 Å². The maximum atomic E-state index is 10.4. The molecule has 0 aliphatic heterocycles. The Morgan fingerprint density at radius 3 is 2.18 bits per heavy atom. The minimum atomic E-state index is 0.0606. The molecule has 3 nitrogen and oxygen atoms in total. The number of hydrogen-bond acceptors (Lipinski definition) is 3. The smallest absolute Gasteiger partial charge is 0.165 e. The van der Waals surface area contributed by atoms with Gasteiger partial charge in [-0.1, -0.05) is 18.2 Å². The van der Waals surface area contributed by atoms with Gasteiger partial charge in [0, 0.05) is 5.56 Å². The second kappa shape index (κ2) is 6.85. The van der Waals surface area contributed by atoms with E-state index in [4.69, 9.17) is 4.74 Å². The maximum absolute atomic E-state index is 10.4. The van der Waals surface area contributed by atoms with Crippen molar-refractivity contribution in [2.45, 2.75) is 12.8 Å². The molecule has 0 atom stereocenters. The fourth-order valence-corrected chi connectivity index (χ4v) is 2.44. The van der Waals surface area contributed by atoms with Crippen LogP contribution in [0.15, 0.2) is 55.6 Å². The van der Waals surface area contributed by atoms with Crippen molar-refractivity contribution in [3.8, 4) is 28.4 Å². The Labute approximate surface area is 130 Å². The lowest BCUT2D eigenvalue weighted by atomic mass is 9.97. The molecule has 22 heavy (non-hydrogen) atoms. The fourth-order valence-electron chi connectivity index (χ4n) is 2.44. The molecule has 0 aliphatic carbocycles. The molecule has 0 unspecified atom stereocenters. The molecule has 0 radical (unpaired) electrons. The van der Waals surface area contributed by atoms with Crippen LogP contribution < -0.4 is 4.74 Å². The average molecular weight is 296 g/mol. The van der Waals surface area contributed by atoms with Gasteiger partial charge in [-0.15, -0.1) is 13.2 Å². The minimum absolute atomic E-state index is 0.0606. The molecule has 0 fully saturated rings. The SMILES string of the molecule is C=CCc1cc(O)cc(-c2cc(CC=C)cc(OC)c2O)c1. The van der Waals surface area contributed by atoms with Crippen molar-refractivity contribution in [1.29, 1.82) is 0 Å². The number of allylic oxidation sites excluding steroid dienone is 2. The van der Waals surface area contributed by atoms with E-state index in [9.17, 15) is 10.2 Å². The first-order valence-electron chi connectivity index (χ1n) is 7.04. The number of rotatable bonds is 6. The predicted octanol–water partition coefficient (Wildman–Crippen LogP) is 4.23. The van der Waals surface area contributed by atoms with Crippen LogP contribution in [0.1, 0.15) is 11.1 Å². The number of hydrogen-bond donors (Lipinski definition) is 2. The van der Waals surface area contributed by atoms with Crippen molar-refractivity contribution >= 4 is 0 Å². The predicted molar refractivity (Wildman–Crippen MR) is 89.6 cm³/mol. The Hall–Kier alpha value is -2.68. The van der Waals surface area contributed by atoms with Gasteiger partial charge < -0.3 is 14.9 Å². The fraction of sp³-hybridized carbons (Fsp3) is 0.158. The quantitative estimate of drug-likeness (QED) is 0.784. The van der Waals surface area contributed by atoms with E-state index >= 15 is 0 Å². The molecule has 0 saturated carbocycles. The molecule has 0 heterocycles. The highest BCUT2D eigenvalue weighted by molar-refractivity contribution is 5.76. The van der Waals surface area contributed by atoms with Gasteiger partial charge in [-0.05, 0) is 53.8 Å². The molecule has 2 rings (SSSR count). The Bertz CT molecular complexity index is 702. The van der Waals surface area contributed by atoms with Gasteiger partial charge in [0.25, 0.3) is 0 Å². The highest BCUT2D eigenvalue weighted by Gasteiger charge is 2.13. The number of phenolic OH excluding ortho intramolecular Hbond substituents is 2. The molecule has 114 valence electrons. The summed E-state index contributed by atoms with van der Waals surface area (Å²) in [6.45, 7) is 7.44. The second-order valence-electron chi connectivity index (χ2n) is 5.07. The summed E-state index contributed by atoms with van der Waals surface area (Å²) in [5, 5.41) is 20.3. The zero-order valence-corrected chi connectivity index (χ0v) is 12.7. The third kappa shape index (κ3) is 3.31. The van der Waals surface area contributed by atoms with Gasteiger partial charge in [-0.2, -0.15) is 0 Å². The molecule has 0 saturated heterocycles. The van der Waals surface area contributed by atoms with Crippen LogP contribution in [0.25, 0.3) is 11.1 Å². The largest absolute Gasteiger partial charge is 0.508 e. The van der Waals surface area contributed by atoms with Crippen LogP contribution in [-0.4, -0.2) is 17.3 Å². The summed E-state index contributed by atoms with van der Waals surface area (Å²) in [4.78, 5) is 0. The highest BCUT2D eigenvalue weighted by atomic mass is 16.5. The normalized spacial score (nSPS) is 10.2. The van der Waals surface area contributed by atoms with Crippen LogP contribution in [0.4, 0.5) is 0 Å². The number of benzene rings is 2. The molecule has 0 bridgehead atoms. The van der Waals surface area contributed by atoms with E-state index in [-0.39, 0.29) is 11.5 Å². The number of phenols is 2.